The fourth-order valence-electron chi connectivity index (χ4n) is 2.28. The van der Waals surface area contributed by atoms with E-state index < -0.39 is 11.9 Å². The highest BCUT2D eigenvalue weighted by molar-refractivity contribution is 6.31. The number of aryl methyl sites for hydroxylation is 1. The average Bonchev–Trinajstić information content (AvgIpc) is 2.50. The molecule has 1 amide bonds. The first-order chi connectivity index (χ1) is 11.3. The fraction of sp³-hybridized carbons (Fsp3) is 0.316. The van der Waals surface area contributed by atoms with Crippen molar-refractivity contribution in [2.75, 3.05) is 5.32 Å². The minimum Gasteiger partial charge on any atom is -0.481 e. The fourth-order valence-corrected chi connectivity index (χ4v) is 2.46. The number of anilines is 1. The molecule has 0 fully saturated rings. The van der Waals surface area contributed by atoms with E-state index in [9.17, 15) is 9.18 Å². The molecule has 0 unspecified atom stereocenters. The Morgan fingerprint density at radius 1 is 1.17 bits per heavy atom. The summed E-state index contributed by atoms with van der Waals surface area (Å²) in [6.07, 6.45) is -0.701. The first kappa shape index (κ1) is 18.3. The SMILES string of the molecule is Cc1ccc(C(C)C)c(O[C@H](C)C(=O)Nc2ccc(F)c(Cl)c2)c1. The third kappa shape index (κ3) is 4.48. The number of ether oxygens (including phenoxy) is 1. The zero-order chi connectivity index (χ0) is 17.9. The molecule has 3 nitrogen and oxygen atoms in total. The van der Waals surface area contributed by atoms with E-state index in [2.05, 4.69) is 19.2 Å². The highest BCUT2D eigenvalue weighted by Gasteiger charge is 2.18. The van der Waals surface area contributed by atoms with E-state index in [1.165, 1.54) is 18.2 Å². The molecule has 0 aromatic heterocycles. The van der Waals surface area contributed by atoms with Crippen molar-refractivity contribution in [3.8, 4) is 5.75 Å². The third-order valence-electron chi connectivity index (χ3n) is 3.65. The van der Waals surface area contributed by atoms with E-state index in [0.717, 1.165) is 11.1 Å². The summed E-state index contributed by atoms with van der Waals surface area (Å²) in [6, 6.07) is 9.99. The molecule has 0 saturated heterocycles. The van der Waals surface area contributed by atoms with Gasteiger partial charge in [0, 0.05) is 5.69 Å². The quantitative estimate of drug-likeness (QED) is 0.793. The van der Waals surface area contributed by atoms with Crippen LogP contribution in [-0.4, -0.2) is 12.0 Å². The topological polar surface area (TPSA) is 38.3 Å². The van der Waals surface area contributed by atoms with Gasteiger partial charge < -0.3 is 10.1 Å². The molecule has 128 valence electrons. The summed E-state index contributed by atoms with van der Waals surface area (Å²) in [6.45, 7) is 7.79. The van der Waals surface area contributed by atoms with Crippen LogP contribution in [0.25, 0.3) is 0 Å². The Labute approximate surface area is 146 Å². The Balaban J connectivity index is 2.11. The van der Waals surface area contributed by atoms with Crippen LogP contribution < -0.4 is 10.1 Å². The van der Waals surface area contributed by atoms with Crippen LogP contribution in [0.5, 0.6) is 5.75 Å². The van der Waals surface area contributed by atoms with Gasteiger partial charge in [-0.3, -0.25) is 4.79 Å². The summed E-state index contributed by atoms with van der Waals surface area (Å²) in [4.78, 5) is 12.3. The molecule has 5 heteroatoms. The molecular weight excluding hydrogens is 329 g/mol. The van der Waals surface area contributed by atoms with Gasteiger partial charge in [-0.05, 0) is 55.2 Å². The second kappa shape index (κ2) is 7.67. The van der Waals surface area contributed by atoms with Crippen LogP contribution >= 0.6 is 11.6 Å². The van der Waals surface area contributed by atoms with Crippen molar-refractivity contribution in [2.24, 2.45) is 0 Å². The number of amides is 1. The predicted octanol–water partition coefficient (Wildman–Crippen LogP) is 5.32. The van der Waals surface area contributed by atoms with Crippen molar-refractivity contribution in [3.63, 3.8) is 0 Å². The van der Waals surface area contributed by atoms with Crippen LogP contribution in [0.4, 0.5) is 10.1 Å². The van der Waals surface area contributed by atoms with Gasteiger partial charge in [0.2, 0.25) is 0 Å². The molecule has 1 atom stereocenters. The number of carbonyl (C=O) groups is 1. The third-order valence-corrected chi connectivity index (χ3v) is 3.94. The Morgan fingerprint density at radius 3 is 2.50 bits per heavy atom. The predicted molar refractivity (Wildman–Crippen MR) is 95.4 cm³/mol. The summed E-state index contributed by atoms with van der Waals surface area (Å²) in [5.74, 6) is 0.130. The Morgan fingerprint density at radius 2 is 1.88 bits per heavy atom. The minimum absolute atomic E-state index is 0.0397. The van der Waals surface area contributed by atoms with Crippen LogP contribution in [0.1, 0.15) is 37.8 Å². The molecule has 0 saturated carbocycles. The molecule has 0 radical (unpaired) electrons. The average molecular weight is 350 g/mol. The minimum atomic E-state index is -0.701. The lowest BCUT2D eigenvalue weighted by molar-refractivity contribution is -0.122. The van der Waals surface area contributed by atoms with Crippen molar-refractivity contribution in [2.45, 2.75) is 39.7 Å². The van der Waals surface area contributed by atoms with Crippen molar-refractivity contribution >= 4 is 23.2 Å². The highest BCUT2D eigenvalue weighted by Crippen LogP contribution is 2.28. The van der Waals surface area contributed by atoms with Gasteiger partial charge in [0.25, 0.3) is 5.91 Å². The number of benzene rings is 2. The normalized spacial score (nSPS) is 12.1. The first-order valence-electron chi connectivity index (χ1n) is 7.81. The second-order valence-electron chi connectivity index (χ2n) is 6.07. The number of rotatable bonds is 5. The maximum atomic E-state index is 13.2. The highest BCUT2D eigenvalue weighted by atomic mass is 35.5. The van der Waals surface area contributed by atoms with Gasteiger partial charge in [0.05, 0.1) is 5.02 Å². The molecule has 0 aliphatic rings. The van der Waals surface area contributed by atoms with Gasteiger partial charge in [-0.15, -0.1) is 0 Å². The Kier molecular flexibility index (Phi) is 5.84. The van der Waals surface area contributed by atoms with Gasteiger partial charge in [0.15, 0.2) is 6.10 Å². The van der Waals surface area contributed by atoms with Gasteiger partial charge in [-0.25, -0.2) is 4.39 Å². The van der Waals surface area contributed by atoms with Gasteiger partial charge in [0.1, 0.15) is 11.6 Å². The largest absolute Gasteiger partial charge is 0.481 e. The second-order valence-corrected chi connectivity index (χ2v) is 6.48. The Hall–Kier alpha value is -2.07. The molecule has 2 rings (SSSR count). The molecule has 2 aromatic rings. The molecular formula is C19H21ClFNO2. The number of hydrogen-bond donors (Lipinski definition) is 1. The van der Waals surface area contributed by atoms with E-state index >= 15 is 0 Å². The van der Waals surface area contributed by atoms with E-state index in [0.29, 0.717) is 11.4 Å². The van der Waals surface area contributed by atoms with E-state index in [-0.39, 0.29) is 16.8 Å². The van der Waals surface area contributed by atoms with Crippen LogP contribution in [0.3, 0.4) is 0 Å². The zero-order valence-electron chi connectivity index (χ0n) is 14.2. The summed E-state index contributed by atoms with van der Waals surface area (Å²) in [5.41, 5.74) is 2.53. The molecule has 0 heterocycles. The van der Waals surface area contributed by atoms with Crippen molar-refractivity contribution in [3.05, 3.63) is 58.4 Å². The smallest absolute Gasteiger partial charge is 0.265 e. The lowest BCUT2D eigenvalue weighted by Gasteiger charge is -2.19. The molecule has 0 bridgehead atoms. The monoisotopic (exact) mass is 349 g/mol. The zero-order valence-corrected chi connectivity index (χ0v) is 14.9. The maximum absolute atomic E-state index is 13.2. The molecule has 1 N–H and O–H groups in total. The van der Waals surface area contributed by atoms with Gasteiger partial charge in [-0.1, -0.05) is 37.6 Å². The molecule has 2 aromatic carbocycles. The number of halogens is 2. The van der Waals surface area contributed by atoms with Gasteiger partial charge in [-0.2, -0.15) is 0 Å². The van der Waals surface area contributed by atoms with Crippen LogP contribution in [0.15, 0.2) is 36.4 Å². The van der Waals surface area contributed by atoms with E-state index in [4.69, 9.17) is 16.3 Å². The lowest BCUT2D eigenvalue weighted by Crippen LogP contribution is -2.30. The van der Waals surface area contributed by atoms with Crippen molar-refractivity contribution in [1.82, 2.24) is 0 Å². The Bertz CT molecular complexity index is 746. The maximum Gasteiger partial charge on any atom is 0.265 e. The summed E-state index contributed by atoms with van der Waals surface area (Å²) in [5, 5.41) is 2.64. The van der Waals surface area contributed by atoms with Crippen molar-refractivity contribution < 1.29 is 13.9 Å². The summed E-state index contributed by atoms with van der Waals surface area (Å²) in [7, 11) is 0. The number of hydrogen-bond acceptors (Lipinski definition) is 2. The molecule has 0 spiro atoms. The van der Waals surface area contributed by atoms with Gasteiger partial charge >= 0.3 is 0 Å². The summed E-state index contributed by atoms with van der Waals surface area (Å²) >= 11 is 5.72. The lowest BCUT2D eigenvalue weighted by atomic mass is 10.0. The van der Waals surface area contributed by atoms with Crippen LogP contribution in [0.2, 0.25) is 5.02 Å². The molecule has 24 heavy (non-hydrogen) atoms. The van der Waals surface area contributed by atoms with Crippen molar-refractivity contribution in [1.29, 1.82) is 0 Å². The first-order valence-corrected chi connectivity index (χ1v) is 8.19. The molecule has 0 aliphatic carbocycles. The number of nitrogens with one attached hydrogen (secondary N) is 1. The van der Waals surface area contributed by atoms with E-state index in [1.807, 2.05) is 25.1 Å². The van der Waals surface area contributed by atoms with Crippen LogP contribution in [0, 0.1) is 12.7 Å². The van der Waals surface area contributed by atoms with E-state index in [1.54, 1.807) is 6.92 Å². The molecule has 0 aliphatic heterocycles. The standard InChI is InChI=1S/C19H21ClFNO2/c1-11(2)15-7-5-12(3)9-18(15)24-13(4)19(23)22-14-6-8-17(21)16(20)10-14/h5-11,13H,1-4H3,(H,22,23)/t13-/m1/s1. The summed E-state index contributed by atoms with van der Waals surface area (Å²) < 4.78 is 19.0. The number of carbonyl (C=O) groups excluding carboxylic acids is 1. The van der Waals surface area contributed by atoms with Crippen LogP contribution in [-0.2, 0) is 4.79 Å².